The maximum absolute atomic E-state index is 13.8. The van der Waals surface area contributed by atoms with Crippen molar-refractivity contribution in [3.8, 4) is 0 Å². The summed E-state index contributed by atoms with van der Waals surface area (Å²) in [6.07, 6.45) is 0.539. The molecule has 0 saturated carbocycles. The molecular weight excluding hydrogens is 252 g/mol. The molecule has 1 saturated heterocycles. The topological polar surface area (TPSA) is 40.5 Å². The van der Waals surface area contributed by atoms with Crippen LogP contribution in [-0.4, -0.2) is 28.6 Å². The fourth-order valence-corrected chi connectivity index (χ4v) is 2.86. The van der Waals surface area contributed by atoms with Crippen LogP contribution in [0.3, 0.4) is 0 Å². The van der Waals surface area contributed by atoms with E-state index in [1.807, 2.05) is 11.8 Å². The predicted molar refractivity (Wildman–Crippen MR) is 66.7 cm³/mol. The van der Waals surface area contributed by atoms with E-state index in [4.69, 9.17) is 5.11 Å². The first-order valence-corrected chi connectivity index (χ1v) is 6.36. The van der Waals surface area contributed by atoms with Crippen molar-refractivity contribution >= 4 is 5.97 Å². The lowest BCUT2D eigenvalue weighted by molar-refractivity contribution is -0.142. The average Bonchev–Trinajstić information content (AvgIpc) is 2.74. The van der Waals surface area contributed by atoms with Crippen molar-refractivity contribution in [2.45, 2.75) is 32.4 Å². The molecule has 0 bridgehead atoms. The molecule has 1 N–H and O–H groups in total. The van der Waals surface area contributed by atoms with Gasteiger partial charge in [-0.1, -0.05) is 12.1 Å². The van der Waals surface area contributed by atoms with E-state index in [0.29, 0.717) is 13.0 Å². The first kappa shape index (κ1) is 13.9. The minimum Gasteiger partial charge on any atom is -0.481 e. The summed E-state index contributed by atoms with van der Waals surface area (Å²) in [5.74, 6) is -2.99. The van der Waals surface area contributed by atoms with Crippen molar-refractivity contribution in [3.63, 3.8) is 0 Å². The van der Waals surface area contributed by atoms with Crippen molar-refractivity contribution < 1.29 is 18.7 Å². The Labute approximate surface area is 110 Å². The van der Waals surface area contributed by atoms with Crippen molar-refractivity contribution in [1.29, 1.82) is 0 Å². The number of likely N-dealkylation sites (tertiary alicyclic amines) is 1. The molecule has 1 aromatic carbocycles. The van der Waals surface area contributed by atoms with E-state index in [1.54, 1.807) is 13.0 Å². The third-order valence-corrected chi connectivity index (χ3v) is 4.05. The summed E-state index contributed by atoms with van der Waals surface area (Å²) in [4.78, 5) is 13.0. The fourth-order valence-electron chi connectivity index (χ4n) is 2.86. The highest BCUT2D eigenvalue weighted by Crippen LogP contribution is 2.33. The SMILES string of the molecule is CC(c1cccc(F)c1F)N1CCC(C(=O)O)C1C. The van der Waals surface area contributed by atoms with Crippen LogP contribution >= 0.6 is 0 Å². The van der Waals surface area contributed by atoms with Crippen molar-refractivity contribution in [3.05, 3.63) is 35.4 Å². The number of hydrogen-bond donors (Lipinski definition) is 1. The molecule has 3 atom stereocenters. The Bertz CT molecular complexity index is 492. The van der Waals surface area contributed by atoms with Crippen LogP contribution in [0.5, 0.6) is 0 Å². The van der Waals surface area contributed by atoms with Gasteiger partial charge in [0.1, 0.15) is 0 Å². The molecular formula is C14H17F2NO2. The van der Waals surface area contributed by atoms with Gasteiger partial charge in [-0.3, -0.25) is 9.69 Å². The number of nitrogens with zero attached hydrogens (tertiary/aromatic N) is 1. The zero-order valence-corrected chi connectivity index (χ0v) is 10.9. The summed E-state index contributed by atoms with van der Waals surface area (Å²) >= 11 is 0. The van der Waals surface area contributed by atoms with Gasteiger partial charge in [0.2, 0.25) is 0 Å². The third-order valence-electron chi connectivity index (χ3n) is 4.05. The van der Waals surface area contributed by atoms with Gasteiger partial charge in [0, 0.05) is 17.6 Å². The third kappa shape index (κ3) is 2.47. The number of carboxylic acid groups (broad SMARTS) is 1. The quantitative estimate of drug-likeness (QED) is 0.917. The van der Waals surface area contributed by atoms with E-state index in [1.165, 1.54) is 6.07 Å². The number of benzene rings is 1. The van der Waals surface area contributed by atoms with Gasteiger partial charge in [0.15, 0.2) is 11.6 Å². The van der Waals surface area contributed by atoms with E-state index >= 15 is 0 Å². The smallest absolute Gasteiger partial charge is 0.308 e. The Morgan fingerprint density at radius 3 is 2.74 bits per heavy atom. The number of hydrogen-bond acceptors (Lipinski definition) is 2. The maximum Gasteiger partial charge on any atom is 0.308 e. The molecule has 1 aromatic rings. The van der Waals surface area contributed by atoms with Crippen LogP contribution in [0.1, 0.15) is 31.9 Å². The summed E-state index contributed by atoms with van der Waals surface area (Å²) in [5, 5.41) is 9.09. The predicted octanol–water partition coefficient (Wildman–Crippen LogP) is 2.82. The van der Waals surface area contributed by atoms with E-state index in [-0.39, 0.29) is 17.6 Å². The molecule has 1 aliphatic rings. The van der Waals surface area contributed by atoms with Crippen LogP contribution in [0.2, 0.25) is 0 Å². The Morgan fingerprint density at radius 1 is 1.47 bits per heavy atom. The first-order chi connectivity index (χ1) is 8.93. The Balaban J connectivity index is 2.23. The largest absolute Gasteiger partial charge is 0.481 e. The molecule has 0 spiro atoms. The zero-order chi connectivity index (χ0) is 14.2. The molecule has 1 aliphatic heterocycles. The molecule has 5 heteroatoms. The highest BCUT2D eigenvalue weighted by Gasteiger charge is 2.38. The molecule has 0 aliphatic carbocycles. The molecule has 1 heterocycles. The summed E-state index contributed by atoms with van der Waals surface area (Å²) in [6, 6.07) is 3.58. The second-order valence-electron chi connectivity index (χ2n) is 5.03. The normalized spacial score (nSPS) is 25.5. The van der Waals surface area contributed by atoms with Gasteiger partial charge in [-0.05, 0) is 32.9 Å². The van der Waals surface area contributed by atoms with Gasteiger partial charge < -0.3 is 5.11 Å². The van der Waals surface area contributed by atoms with E-state index < -0.39 is 23.5 Å². The molecule has 104 valence electrons. The fraction of sp³-hybridized carbons (Fsp3) is 0.500. The molecule has 3 nitrogen and oxygen atoms in total. The lowest BCUT2D eigenvalue weighted by atomic mass is 10.0. The number of carboxylic acids is 1. The standard InChI is InChI=1S/C14H17F2NO2/c1-8(10-4-3-5-12(15)13(10)16)17-7-6-11(9(17)2)14(18)19/h3-5,8-9,11H,6-7H2,1-2H3,(H,18,19). The number of rotatable bonds is 3. The van der Waals surface area contributed by atoms with E-state index in [9.17, 15) is 13.6 Å². The summed E-state index contributed by atoms with van der Waals surface area (Å²) < 4.78 is 27.0. The molecule has 3 unspecified atom stereocenters. The number of carbonyl (C=O) groups is 1. The maximum atomic E-state index is 13.8. The highest BCUT2D eigenvalue weighted by atomic mass is 19.2. The minimum atomic E-state index is -0.869. The monoisotopic (exact) mass is 269 g/mol. The van der Waals surface area contributed by atoms with Crippen molar-refractivity contribution in [2.75, 3.05) is 6.54 Å². The Morgan fingerprint density at radius 2 is 2.16 bits per heavy atom. The van der Waals surface area contributed by atoms with Gasteiger partial charge in [0.05, 0.1) is 5.92 Å². The van der Waals surface area contributed by atoms with E-state index in [0.717, 1.165) is 6.07 Å². The number of halogens is 2. The van der Waals surface area contributed by atoms with Gasteiger partial charge >= 0.3 is 5.97 Å². The first-order valence-electron chi connectivity index (χ1n) is 6.36. The number of aliphatic carboxylic acids is 1. The van der Waals surface area contributed by atoms with Gasteiger partial charge in [0.25, 0.3) is 0 Å². The summed E-state index contributed by atoms with van der Waals surface area (Å²) in [6.45, 7) is 4.17. The lowest BCUT2D eigenvalue weighted by Crippen LogP contribution is -2.35. The van der Waals surface area contributed by atoms with Crippen LogP contribution in [0.4, 0.5) is 8.78 Å². The van der Waals surface area contributed by atoms with Crippen LogP contribution in [-0.2, 0) is 4.79 Å². The Kier molecular flexibility index (Phi) is 3.85. The van der Waals surface area contributed by atoms with Crippen LogP contribution in [0, 0.1) is 17.6 Å². The van der Waals surface area contributed by atoms with Crippen LogP contribution in [0.15, 0.2) is 18.2 Å². The molecule has 1 fully saturated rings. The van der Waals surface area contributed by atoms with Crippen molar-refractivity contribution in [2.24, 2.45) is 5.92 Å². The summed E-state index contributed by atoms with van der Waals surface area (Å²) in [5.41, 5.74) is 0.276. The average molecular weight is 269 g/mol. The molecule has 2 rings (SSSR count). The van der Waals surface area contributed by atoms with Gasteiger partial charge in [-0.25, -0.2) is 8.78 Å². The van der Waals surface area contributed by atoms with Crippen LogP contribution in [0.25, 0.3) is 0 Å². The summed E-state index contributed by atoms with van der Waals surface area (Å²) in [7, 11) is 0. The van der Waals surface area contributed by atoms with Gasteiger partial charge in [-0.15, -0.1) is 0 Å². The molecule has 19 heavy (non-hydrogen) atoms. The van der Waals surface area contributed by atoms with Crippen molar-refractivity contribution in [1.82, 2.24) is 4.90 Å². The van der Waals surface area contributed by atoms with Crippen LogP contribution < -0.4 is 0 Å². The van der Waals surface area contributed by atoms with Gasteiger partial charge in [-0.2, -0.15) is 0 Å². The molecule has 0 radical (unpaired) electrons. The second kappa shape index (κ2) is 5.25. The van der Waals surface area contributed by atoms with E-state index in [2.05, 4.69) is 0 Å². The lowest BCUT2D eigenvalue weighted by Gasteiger charge is -2.30. The zero-order valence-electron chi connectivity index (χ0n) is 10.9. The second-order valence-corrected chi connectivity index (χ2v) is 5.03. The highest BCUT2D eigenvalue weighted by molar-refractivity contribution is 5.71. The molecule has 0 amide bonds. The Hall–Kier alpha value is -1.49. The molecule has 0 aromatic heterocycles. The minimum absolute atomic E-state index is 0.185.